The first-order valence-electron chi connectivity index (χ1n) is 4.53. The number of hydrogen-bond donors (Lipinski definition) is 0. The van der Waals surface area contributed by atoms with Crippen LogP contribution in [0, 0.1) is 6.92 Å². The molecule has 1 aromatic carbocycles. The number of thioether (sulfide) groups is 1. The Kier molecular flexibility index (Phi) is 4.08. The molecule has 0 unspecified atom stereocenters. The summed E-state index contributed by atoms with van der Waals surface area (Å²) in [6.07, 6.45) is 2.02. The van der Waals surface area contributed by atoms with Crippen molar-refractivity contribution in [1.29, 1.82) is 0 Å². The average molecular weight is 208 g/mol. The van der Waals surface area contributed by atoms with Crippen LogP contribution < -0.4 is 4.74 Å². The Morgan fingerprint density at radius 3 is 2.71 bits per heavy atom. The molecule has 2 heteroatoms. The van der Waals surface area contributed by atoms with Gasteiger partial charge in [0.15, 0.2) is 0 Å². The van der Waals surface area contributed by atoms with Gasteiger partial charge in [0.25, 0.3) is 0 Å². The van der Waals surface area contributed by atoms with Crippen molar-refractivity contribution in [1.82, 2.24) is 0 Å². The number of rotatable bonds is 4. The molecule has 0 aliphatic heterocycles. The van der Waals surface area contributed by atoms with E-state index in [1.807, 2.05) is 19.2 Å². The second-order valence-electron chi connectivity index (χ2n) is 3.31. The zero-order chi connectivity index (χ0) is 10.6. The van der Waals surface area contributed by atoms with Gasteiger partial charge in [0.2, 0.25) is 0 Å². The van der Waals surface area contributed by atoms with Crippen LogP contribution in [-0.2, 0) is 0 Å². The molecule has 0 saturated heterocycles. The van der Waals surface area contributed by atoms with E-state index in [0.29, 0.717) is 5.94 Å². The highest BCUT2D eigenvalue weighted by molar-refractivity contribution is 7.98. The van der Waals surface area contributed by atoms with Crippen LogP contribution in [0.15, 0.2) is 24.8 Å². The van der Waals surface area contributed by atoms with Gasteiger partial charge in [-0.1, -0.05) is 18.2 Å². The Hall–Kier alpha value is -0.890. The molecule has 0 heterocycles. The number of benzene rings is 1. The molecule has 0 bridgehead atoms. The largest absolute Gasteiger partial charge is 0.483 e. The predicted octanol–water partition coefficient (Wildman–Crippen LogP) is 3.73. The minimum Gasteiger partial charge on any atom is -0.483 e. The Morgan fingerprint density at radius 1 is 1.50 bits per heavy atom. The molecular weight excluding hydrogens is 192 g/mol. The predicted molar refractivity (Wildman–Crippen MR) is 64.9 cm³/mol. The summed E-state index contributed by atoms with van der Waals surface area (Å²) in [6, 6.07) is 6.11. The Labute approximate surface area is 90.2 Å². The Morgan fingerprint density at radius 2 is 2.21 bits per heavy atom. The van der Waals surface area contributed by atoms with E-state index >= 15 is 0 Å². The first-order chi connectivity index (χ1) is 6.65. The van der Waals surface area contributed by atoms with Crippen molar-refractivity contribution in [2.45, 2.75) is 13.8 Å². The molecule has 14 heavy (non-hydrogen) atoms. The molecule has 0 radical (unpaired) electrons. The van der Waals surface area contributed by atoms with E-state index in [-0.39, 0.29) is 0 Å². The smallest absolute Gasteiger partial charge is 0.133 e. The maximum absolute atomic E-state index is 5.50. The average Bonchev–Trinajstić information content (AvgIpc) is 2.14. The van der Waals surface area contributed by atoms with Crippen molar-refractivity contribution >= 4 is 17.3 Å². The molecule has 1 aromatic rings. The molecule has 1 nitrogen and oxygen atoms in total. The fourth-order valence-corrected chi connectivity index (χ4v) is 1.59. The molecule has 1 rings (SSSR count). The van der Waals surface area contributed by atoms with E-state index in [1.165, 1.54) is 11.1 Å². The molecule has 76 valence electrons. The van der Waals surface area contributed by atoms with E-state index in [4.69, 9.17) is 4.74 Å². The lowest BCUT2D eigenvalue weighted by molar-refractivity contribution is 0.393. The summed E-state index contributed by atoms with van der Waals surface area (Å²) in [7, 11) is 0. The van der Waals surface area contributed by atoms with Crippen LogP contribution in [0.1, 0.15) is 18.1 Å². The summed E-state index contributed by atoms with van der Waals surface area (Å²) in [5.74, 6) is 1.63. The lowest BCUT2D eigenvalue weighted by Gasteiger charge is -2.08. The summed E-state index contributed by atoms with van der Waals surface area (Å²) in [5, 5.41) is 0. The van der Waals surface area contributed by atoms with Crippen molar-refractivity contribution in [3.8, 4) is 5.75 Å². The third kappa shape index (κ3) is 2.81. The Bertz CT molecular complexity index is 331. The van der Waals surface area contributed by atoms with Crippen molar-refractivity contribution in [3.63, 3.8) is 0 Å². The van der Waals surface area contributed by atoms with Crippen molar-refractivity contribution in [3.05, 3.63) is 35.9 Å². The van der Waals surface area contributed by atoms with Crippen molar-refractivity contribution < 1.29 is 4.74 Å². The standard InChI is InChI=1S/C12H16OS/c1-9(2)12-6-5-11(7-10(12)3)13-8-14-4/h5-7H,1,8H2,2-4H3. The maximum atomic E-state index is 5.50. The molecule has 0 N–H and O–H groups in total. The van der Waals surface area contributed by atoms with Gasteiger partial charge in [-0.15, -0.1) is 11.8 Å². The number of allylic oxidation sites excluding steroid dienone is 1. The van der Waals surface area contributed by atoms with Gasteiger partial charge in [0.05, 0.1) is 0 Å². The first-order valence-corrected chi connectivity index (χ1v) is 5.93. The van der Waals surface area contributed by atoms with Crippen LogP contribution in [0.25, 0.3) is 5.57 Å². The molecule has 0 atom stereocenters. The van der Waals surface area contributed by atoms with Crippen LogP contribution in [0.4, 0.5) is 0 Å². The monoisotopic (exact) mass is 208 g/mol. The van der Waals surface area contributed by atoms with Crippen LogP contribution in [0.2, 0.25) is 0 Å². The second kappa shape index (κ2) is 5.11. The molecule has 0 fully saturated rings. The van der Waals surface area contributed by atoms with Crippen LogP contribution in [0.3, 0.4) is 0 Å². The van der Waals surface area contributed by atoms with Crippen molar-refractivity contribution in [2.24, 2.45) is 0 Å². The van der Waals surface area contributed by atoms with Crippen LogP contribution >= 0.6 is 11.8 Å². The van der Waals surface area contributed by atoms with Crippen LogP contribution in [-0.4, -0.2) is 12.2 Å². The SMILES string of the molecule is C=C(C)c1ccc(OCSC)cc1C. The van der Waals surface area contributed by atoms with E-state index in [0.717, 1.165) is 11.3 Å². The molecule has 0 spiro atoms. The third-order valence-electron chi connectivity index (χ3n) is 2.00. The van der Waals surface area contributed by atoms with Gasteiger partial charge in [0.1, 0.15) is 11.7 Å². The molecule has 0 saturated carbocycles. The highest BCUT2D eigenvalue weighted by Crippen LogP contribution is 2.22. The molecular formula is C12H16OS. The second-order valence-corrected chi connectivity index (χ2v) is 4.12. The Balaban J connectivity index is 2.83. The fraction of sp³-hybridized carbons (Fsp3) is 0.333. The van der Waals surface area contributed by atoms with Crippen LogP contribution in [0.5, 0.6) is 5.75 Å². The lowest BCUT2D eigenvalue weighted by atomic mass is 10.0. The molecule has 0 aliphatic carbocycles. The minimum absolute atomic E-state index is 0.700. The summed E-state index contributed by atoms with van der Waals surface area (Å²) in [6.45, 7) is 8.03. The molecule has 0 aromatic heterocycles. The number of hydrogen-bond acceptors (Lipinski definition) is 2. The van der Waals surface area contributed by atoms with E-state index in [1.54, 1.807) is 11.8 Å². The highest BCUT2D eigenvalue weighted by Gasteiger charge is 2.00. The van der Waals surface area contributed by atoms with E-state index in [9.17, 15) is 0 Å². The molecule has 0 aliphatic rings. The van der Waals surface area contributed by atoms with Gasteiger partial charge in [-0.05, 0) is 43.4 Å². The topological polar surface area (TPSA) is 9.23 Å². The summed E-state index contributed by atoms with van der Waals surface area (Å²) in [5.41, 5.74) is 3.52. The fourth-order valence-electron chi connectivity index (χ4n) is 1.33. The van der Waals surface area contributed by atoms with Gasteiger partial charge in [-0.25, -0.2) is 0 Å². The van der Waals surface area contributed by atoms with Crippen molar-refractivity contribution in [2.75, 3.05) is 12.2 Å². The number of ether oxygens (including phenoxy) is 1. The minimum atomic E-state index is 0.700. The normalized spacial score (nSPS) is 9.93. The third-order valence-corrected chi connectivity index (χ3v) is 2.35. The van der Waals surface area contributed by atoms with Gasteiger partial charge < -0.3 is 4.74 Å². The first kappa shape index (κ1) is 11.2. The zero-order valence-electron chi connectivity index (χ0n) is 8.96. The summed E-state index contributed by atoms with van der Waals surface area (Å²) >= 11 is 1.67. The lowest BCUT2D eigenvalue weighted by Crippen LogP contribution is -1.93. The van der Waals surface area contributed by atoms with Gasteiger partial charge >= 0.3 is 0 Å². The quantitative estimate of drug-likeness (QED) is 0.697. The van der Waals surface area contributed by atoms with E-state index in [2.05, 4.69) is 25.6 Å². The summed E-state index contributed by atoms with van der Waals surface area (Å²) < 4.78 is 5.50. The number of aryl methyl sites for hydroxylation is 1. The zero-order valence-corrected chi connectivity index (χ0v) is 9.78. The van der Waals surface area contributed by atoms with Gasteiger partial charge in [-0.3, -0.25) is 0 Å². The summed E-state index contributed by atoms with van der Waals surface area (Å²) in [4.78, 5) is 0. The maximum Gasteiger partial charge on any atom is 0.133 e. The highest BCUT2D eigenvalue weighted by atomic mass is 32.2. The van der Waals surface area contributed by atoms with Gasteiger partial charge in [0, 0.05) is 0 Å². The molecule has 0 amide bonds. The van der Waals surface area contributed by atoms with E-state index < -0.39 is 0 Å². The van der Waals surface area contributed by atoms with Gasteiger partial charge in [-0.2, -0.15) is 0 Å².